The van der Waals surface area contributed by atoms with Gasteiger partial charge >= 0.3 is 0 Å². The monoisotopic (exact) mass is 432 g/mol. The highest BCUT2D eigenvalue weighted by molar-refractivity contribution is 7.13. The zero-order valence-electron chi connectivity index (χ0n) is 17.3. The van der Waals surface area contributed by atoms with E-state index in [1.54, 1.807) is 12.1 Å². The van der Waals surface area contributed by atoms with Gasteiger partial charge < -0.3 is 10.6 Å². The molecule has 0 radical (unpaired) electrons. The van der Waals surface area contributed by atoms with Gasteiger partial charge in [0.2, 0.25) is 0 Å². The van der Waals surface area contributed by atoms with Crippen molar-refractivity contribution in [2.24, 2.45) is 0 Å². The van der Waals surface area contributed by atoms with Crippen molar-refractivity contribution < 1.29 is 4.39 Å². The Morgan fingerprint density at radius 3 is 2.52 bits per heavy atom. The molecular formula is C25H25FN4S. The Labute approximate surface area is 185 Å². The average molecular weight is 433 g/mol. The van der Waals surface area contributed by atoms with Crippen LogP contribution in [0.3, 0.4) is 0 Å². The minimum atomic E-state index is -0.182. The summed E-state index contributed by atoms with van der Waals surface area (Å²) >= 11 is 1.47. The van der Waals surface area contributed by atoms with E-state index in [9.17, 15) is 4.39 Å². The van der Waals surface area contributed by atoms with Crippen LogP contribution in [-0.4, -0.2) is 42.6 Å². The van der Waals surface area contributed by atoms with Crippen molar-refractivity contribution in [3.05, 3.63) is 77.4 Å². The molecule has 158 valence electrons. The van der Waals surface area contributed by atoms with Crippen molar-refractivity contribution in [1.82, 2.24) is 9.88 Å². The molecule has 0 saturated carbocycles. The molecule has 2 N–H and O–H groups in total. The van der Waals surface area contributed by atoms with Gasteiger partial charge in [-0.3, -0.25) is 4.90 Å². The zero-order chi connectivity index (χ0) is 21.2. The predicted molar refractivity (Wildman–Crippen MR) is 128 cm³/mol. The number of nitrogens with two attached hydrogens (primary N) is 1. The van der Waals surface area contributed by atoms with E-state index in [1.165, 1.54) is 22.6 Å². The number of anilines is 2. The van der Waals surface area contributed by atoms with Gasteiger partial charge in [0.1, 0.15) is 5.82 Å². The van der Waals surface area contributed by atoms with E-state index in [0.29, 0.717) is 5.13 Å². The first-order valence-electron chi connectivity index (χ1n) is 10.6. The van der Waals surface area contributed by atoms with Crippen LogP contribution in [-0.2, 0) is 6.42 Å². The van der Waals surface area contributed by atoms with Crippen molar-refractivity contribution >= 4 is 32.9 Å². The fourth-order valence-corrected chi connectivity index (χ4v) is 4.85. The van der Waals surface area contributed by atoms with Gasteiger partial charge in [-0.15, -0.1) is 11.3 Å². The second kappa shape index (κ2) is 8.65. The maximum absolute atomic E-state index is 13.6. The van der Waals surface area contributed by atoms with E-state index in [-0.39, 0.29) is 5.82 Å². The number of rotatable bonds is 5. The van der Waals surface area contributed by atoms with E-state index in [2.05, 4.69) is 45.1 Å². The van der Waals surface area contributed by atoms with Crippen LogP contribution in [0.15, 0.2) is 66.0 Å². The lowest BCUT2D eigenvalue weighted by Gasteiger charge is -2.36. The largest absolute Gasteiger partial charge is 0.375 e. The van der Waals surface area contributed by atoms with Crippen molar-refractivity contribution in [3.63, 3.8) is 0 Å². The van der Waals surface area contributed by atoms with Crippen molar-refractivity contribution in [1.29, 1.82) is 0 Å². The maximum Gasteiger partial charge on any atom is 0.180 e. The zero-order valence-corrected chi connectivity index (χ0v) is 18.1. The summed E-state index contributed by atoms with van der Waals surface area (Å²) in [5, 5.41) is 4.69. The van der Waals surface area contributed by atoms with Gasteiger partial charge in [0.05, 0.1) is 5.69 Å². The Balaban J connectivity index is 1.17. The summed E-state index contributed by atoms with van der Waals surface area (Å²) in [7, 11) is 0. The van der Waals surface area contributed by atoms with Crippen molar-refractivity contribution in [2.75, 3.05) is 43.4 Å². The van der Waals surface area contributed by atoms with Crippen LogP contribution in [0.5, 0.6) is 0 Å². The van der Waals surface area contributed by atoms with E-state index >= 15 is 0 Å². The molecule has 1 saturated heterocycles. The maximum atomic E-state index is 13.6. The number of aromatic nitrogens is 1. The van der Waals surface area contributed by atoms with Gasteiger partial charge in [-0.25, -0.2) is 9.37 Å². The summed E-state index contributed by atoms with van der Waals surface area (Å²) in [5.41, 5.74) is 10.3. The fourth-order valence-electron chi connectivity index (χ4n) is 4.28. The van der Waals surface area contributed by atoms with E-state index in [4.69, 9.17) is 5.73 Å². The lowest BCUT2D eigenvalue weighted by Crippen LogP contribution is -2.47. The smallest absolute Gasteiger partial charge is 0.180 e. The third-order valence-corrected chi connectivity index (χ3v) is 6.69. The molecule has 0 atom stereocenters. The van der Waals surface area contributed by atoms with Gasteiger partial charge in [-0.05, 0) is 41.6 Å². The molecule has 31 heavy (non-hydrogen) atoms. The summed E-state index contributed by atoms with van der Waals surface area (Å²) in [5.74, 6) is -0.182. The number of hydrogen-bond donors (Lipinski definition) is 1. The molecule has 0 aliphatic carbocycles. The summed E-state index contributed by atoms with van der Waals surface area (Å²) in [6, 6.07) is 19.9. The number of thiazole rings is 1. The molecule has 1 fully saturated rings. The average Bonchev–Trinajstić information content (AvgIpc) is 3.24. The van der Waals surface area contributed by atoms with Crippen molar-refractivity contribution in [2.45, 2.75) is 6.42 Å². The second-order valence-electron chi connectivity index (χ2n) is 7.99. The molecule has 2 heterocycles. The van der Waals surface area contributed by atoms with Gasteiger partial charge in [-0.2, -0.15) is 0 Å². The first-order valence-corrected chi connectivity index (χ1v) is 11.5. The highest BCUT2D eigenvalue weighted by Gasteiger charge is 2.18. The molecule has 1 aliphatic rings. The van der Waals surface area contributed by atoms with Gasteiger partial charge in [0, 0.05) is 54.7 Å². The molecule has 4 aromatic rings. The van der Waals surface area contributed by atoms with Crippen LogP contribution < -0.4 is 10.6 Å². The number of fused-ring (bicyclic) bond motifs is 1. The minimum absolute atomic E-state index is 0.182. The van der Waals surface area contributed by atoms with E-state index in [1.807, 2.05) is 23.6 Å². The lowest BCUT2D eigenvalue weighted by atomic mass is 10.1. The molecular weight excluding hydrogens is 407 g/mol. The Bertz CT molecular complexity index is 1180. The number of hydrogen-bond acceptors (Lipinski definition) is 5. The molecule has 0 bridgehead atoms. The number of halogens is 1. The Morgan fingerprint density at radius 2 is 1.77 bits per heavy atom. The summed E-state index contributed by atoms with van der Waals surface area (Å²) in [4.78, 5) is 9.30. The second-order valence-corrected chi connectivity index (χ2v) is 8.88. The first-order chi connectivity index (χ1) is 15.2. The van der Waals surface area contributed by atoms with Crippen LogP contribution in [0.25, 0.3) is 22.0 Å². The third kappa shape index (κ3) is 4.40. The molecule has 4 nitrogen and oxygen atoms in total. The first kappa shape index (κ1) is 20.0. The Hall–Kier alpha value is -2.96. The van der Waals surface area contributed by atoms with Crippen LogP contribution in [0, 0.1) is 5.82 Å². The Kier molecular flexibility index (Phi) is 5.57. The standard InChI is InChI=1S/C25H25FN4S/c26-21-8-9-22-20(16-21)2-1-3-24(22)30-14-12-29(13-15-30)11-10-18-4-6-19(7-5-18)23-17-31-25(27)28-23/h1-9,16-17H,10-15H2,(H2,27,28). The normalized spacial score (nSPS) is 14.9. The van der Waals surface area contributed by atoms with Crippen LogP contribution in [0.1, 0.15) is 5.56 Å². The predicted octanol–water partition coefficient (Wildman–Crippen LogP) is 5.05. The molecule has 0 unspecified atom stereocenters. The molecule has 6 heteroatoms. The third-order valence-electron chi connectivity index (χ3n) is 6.02. The highest BCUT2D eigenvalue weighted by atomic mass is 32.1. The molecule has 0 amide bonds. The van der Waals surface area contributed by atoms with Crippen LogP contribution in [0.4, 0.5) is 15.2 Å². The lowest BCUT2D eigenvalue weighted by molar-refractivity contribution is 0.261. The number of nitrogens with zero attached hydrogens (tertiary/aromatic N) is 3. The quantitative estimate of drug-likeness (QED) is 0.479. The SMILES string of the molecule is Nc1nc(-c2ccc(CCN3CCN(c4cccc5cc(F)ccc45)CC3)cc2)cs1. The van der Waals surface area contributed by atoms with Gasteiger partial charge in [0.15, 0.2) is 5.13 Å². The van der Waals surface area contributed by atoms with Crippen LogP contribution >= 0.6 is 11.3 Å². The molecule has 0 spiro atoms. The highest BCUT2D eigenvalue weighted by Crippen LogP contribution is 2.28. The minimum Gasteiger partial charge on any atom is -0.375 e. The topological polar surface area (TPSA) is 45.4 Å². The summed E-state index contributed by atoms with van der Waals surface area (Å²) < 4.78 is 13.6. The van der Waals surface area contributed by atoms with Gasteiger partial charge in [-0.1, -0.05) is 36.4 Å². The van der Waals surface area contributed by atoms with Gasteiger partial charge in [0.25, 0.3) is 0 Å². The summed E-state index contributed by atoms with van der Waals surface area (Å²) in [6.45, 7) is 5.10. The molecule has 1 aliphatic heterocycles. The number of nitrogen functional groups attached to an aromatic ring is 1. The van der Waals surface area contributed by atoms with Crippen molar-refractivity contribution in [3.8, 4) is 11.3 Å². The molecule has 5 rings (SSSR count). The van der Waals surface area contributed by atoms with E-state index in [0.717, 1.165) is 61.2 Å². The number of benzene rings is 3. The molecule has 3 aromatic carbocycles. The fraction of sp³-hybridized carbons (Fsp3) is 0.240. The Morgan fingerprint density at radius 1 is 0.968 bits per heavy atom. The molecule has 1 aromatic heterocycles. The van der Waals surface area contributed by atoms with E-state index < -0.39 is 0 Å². The number of piperazine rings is 1. The summed E-state index contributed by atoms with van der Waals surface area (Å²) in [6.07, 6.45) is 1.03. The van der Waals surface area contributed by atoms with Crippen LogP contribution in [0.2, 0.25) is 0 Å².